The van der Waals surface area contributed by atoms with Crippen LogP contribution in [0.25, 0.3) is 21.5 Å². The molecule has 3 heterocycles. The van der Waals surface area contributed by atoms with Crippen molar-refractivity contribution in [3.8, 4) is 16.2 Å². The number of nitrogens with zero attached hydrogens (tertiary/aromatic N) is 1. The molecule has 4 nitrogen and oxygen atoms in total. The van der Waals surface area contributed by atoms with Gasteiger partial charge in [-0.25, -0.2) is 4.98 Å². The summed E-state index contributed by atoms with van der Waals surface area (Å²) in [5, 5.41) is 3.18. The number of aromatic amines is 1. The first-order chi connectivity index (χ1) is 12.2. The fraction of sp³-hybridized carbons (Fsp3) is 0.0526. The van der Waals surface area contributed by atoms with Crippen LogP contribution in [0.1, 0.15) is 15.9 Å². The number of ether oxygens (including phenoxy) is 1. The first-order valence-electron chi connectivity index (χ1n) is 7.56. The van der Waals surface area contributed by atoms with E-state index in [1.807, 2.05) is 23.6 Å². The van der Waals surface area contributed by atoms with Crippen LogP contribution in [-0.4, -0.2) is 22.9 Å². The van der Waals surface area contributed by atoms with E-state index in [0.717, 1.165) is 15.8 Å². The highest BCUT2D eigenvalue weighted by molar-refractivity contribution is 7.13. The molecule has 1 N–H and O–H groups in total. The molecule has 0 saturated carbocycles. The molecular weight excluding hydrogens is 356 g/mol. The van der Waals surface area contributed by atoms with Crippen LogP contribution in [0.4, 0.5) is 0 Å². The Bertz CT molecular complexity index is 1070. The summed E-state index contributed by atoms with van der Waals surface area (Å²) >= 11 is 7.86. The van der Waals surface area contributed by atoms with Crippen LogP contribution in [0.5, 0.6) is 5.75 Å². The van der Waals surface area contributed by atoms with Gasteiger partial charge in [0, 0.05) is 39.3 Å². The van der Waals surface area contributed by atoms with Crippen molar-refractivity contribution in [3.63, 3.8) is 0 Å². The van der Waals surface area contributed by atoms with E-state index in [0.29, 0.717) is 27.5 Å². The second kappa shape index (κ2) is 6.35. The van der Waals surface area contributed by atoms with Gasteiger partial charge >= 0.3 is 0 Å². The number of methoxy groups -OCH3 is 1. The maximum atomic E-state index is 13.0. The summed E-state index contributed by atoms with van der Waals surface area (Å²) in [6, 6.07) is 11.0. The Morgan fingerprint density at radius 2 is 2.12 bits per heavy atom. The lowest BCUT2D eigenvalue weighted by atomic mass is 10.0. The van der Waals surface area contributed by atoms with E-state index in [9.17, 15) is 4.79 Å². The Hall–Kier alpha value is -2.63. The van der Waals surface area contributed by atoms with Crippen LogP contribution in [0.2, 0.25) is 5.02 Å². The highest BCUT2D eigenvalue weighted by atomic mass is 35.5. The summed E-state index contributed by atoms with van der Waals surface area (Å²) in [6.45, 7) is 0. The van der Waals surface area contributed by atoms with Crippen molar-refractivity contribution in [1.82, 2.24) is 9.97 Å². The zero-order valence-corrected chi connectivity index (χ0v) is 14.8. The fourth-order valence-electron chi connectivity index (χ4n) is 2.72. The maximum absolute atomic E-state index is 13.0. The second-order valence-corrected chi connectivity index (χ2v) is 6.83. The number of halogens is 1. The lowest BCUT2D eigenvalue weighted by molar-refractivity contribution is 0.104. The molecule has 4 aromatic rings. The topological polar surface area (TPSA) is 55.0 Å². The number of pyridine rings is 1. The number of H-pyrrole nitrogens is 1. The van der Waals surface area contributed by atoms with E-state index in [1.54, 1.807) is 49.0 Å². The van der Waals surface area contributed by atoms with Gasteiger partial charge in [-0.3, -0.25) is 4.79 Å². The molecule has 6 heteroatoms. The van der Waals surface area contributed by atoms with Gasteiger partial charge in [-0.05, 0) is 35.7 Å². The summed E-state index contributed by atoms with van der Waals surface area (Å²) in [6.07, 6.45) is 3.48. The van der Waals surface area contributed by atoms with Gasteiger partial charge in [0.25, 0.3) is 0 Å². The Morgan fingerprint density at radius 3 is 2.88 bits per heavy atom. The van der Waals surface area contributed by atoms with Crippen molar-refractivity contribution < 1.29 is 9.53 Å². The van der Waals surface area contributed by atoms with E-state index in [4.69, 9.17) is 16.3 Å². The highest BCUT2D eigenvalue weighted by Crippen LogP contribution is 2.30. The van der Waals surface area contributed by atoms with Crippen LogP contribution >= 0.6 is 22.9 Å². The molecular formula is C19H13ClN2O2S. The monoisotopic (exact) mass is 368 g/mol. The van der Waals surface area contributed by atoms with Gasteiger partial charge in [0.05, 0.1) is 12.1 Å². The van der Waals surface area contributed by atoms with Crippen LogP contribution in [0.3, 0.4) is 0 Å². The minimum Gasteiger partial charge on any atom is -0.497 e. The van der Waals surface area contributed by atoms with Gasteiger partial charge in [-0.15, -0.1) is 11.3 Å². The van der Waals surface area contributed by atoms with Crippen LogP contribution in [0.15, 0.2) is 54.2 Å². The average molecular weight is 369 g/mol. The smallest absolute Gasteiger partial charge is 0.196 e. The lowest BCUT2D eigenvalue weighted by Gasteiger charge is -2.06. The summed E-state index contributed by atoms with van der Waals surface area (Å²) in [5.74, 6) is 0.422. The molecule has 1 aromatic carbocycles. The molecule has 0 saturated heterocycles. The molecule has 124 valence electrons. The first kappa shape index (κ1) is 15.9. The van der Waals surface area contributed by atoms with Crippen molar-refractivity contribution in [2.75, 3.05) is 7.11 Å². The Balaban J connectivity index is 1.84. The fourth-order valence-corrected chi connectivity index (χ4v) is 3.63. The molecule has 25 heavy (non-hydrogen) atoms. The minimum atomic E-state index is -0.166. The second-order valence-electron chi connectivity index (χ2n) is 5.47. The Morgan fingerprint density at radius 1 is 1.24 bits per heavy atom. The third-order valence-electron chi connectivity index (χ3n) is 4.00. The first-order valence-corrected chi connectivity index (χ1v) is 8.82. The maximum Gasteiger partial charge on any atom is 0.196 e. The highest BCUT2D eigenvalue weighted by Gasteiger charge is 2.19. The minimum absolute atomic E-state index is 0.166. The number of nitrogens with one attached hydrogen (secondary N) is 1. The number of rotatable bonds is 4. The van der Waals surface area contributed by atoms with E-state index < -0.39 is 0 Å². The molecule has 0 aliphatic heterocycles. The predicted molar refractivity (Wildman–Crippen MR) is 101 cm³/mol. The molecule has 4 rings (SSSR count). The number of fused-ring (bicyclic) bond motifs is 1. The Kier molecular flexibility index (Phi) is 4.03. The molecule has 0 spiro atoms. The van der Waals surface area contributed by atoms with E-state index >= 15 is 0 Å². The molecule has 0 radical (unpaired) electrons. The molecule has 3 aromatic heterocycles. The van der Waals surface area contributed by atoms with Gasteiger partial charge < -0.3 is 9.72 Å². The van der Waals surface area contributed by atoms with Gasteiger partial charge in [0.1, 0.15) is 11.4 Å². The zero-order valence-electron chi connectivity index (χ0n) is 13.2. The van der Waals surface area contributed by atoms with E-state index in [1.165, 1.54) is 0 Å². The van der Waals surface area contributed by atoms with Crippen molar-refractivity contribution >= 4 is 39.8 Å². The molecule has 0 aliphatic carbocycles. The lowest BCUT2D eigenvalue weighted by Crippen LogP contribution is -2.02. The van der Waals surface area contributed by atoms with Gasteiger partial charge in [0.15, 0.2) is 5.78 Å². The van der Waals surface area contributed by atoms with Gasteiger partial charge in [-0.2, -0.15) is 0 Å². The molecule has 0 unspecified atom stereocenters. The number of ketones is 1. The van der Waals surface area contributed by atoms with Crippen LogP contribution in [-0.2, 0) is 0 Å². The SMILES string of the molecule is COc1ccc(Cl)c(C(=O)c2c[nH]c3ncc(-c4cccs4)cc23)c1. The normalized spacial score (nSPS) is 11.0. The predicted octanol–water partition coefficient (Wildman–Crippen LogP) is 5.18. The molecule has 0 aliphatic rings. The standard InChI is InChI=1S/C19H13ClN2O2S/c1-24-12-4-5-16(20)14(8-12)18(23)15-10-22-19-13(15)7-11(9-21-19)17-3-2-6-25-17/h2-10H,1H3,(H,21,22). The van der Waals surface area contributed by atoms with Crippen molar-refractivity contribution in [2.24, 2.45) is 0 Å². The summed E-state index contributed by atoms with van der Waals surface area (Å²) in [5.41, 5.74) is 2.59. The molecule has 0 atom stereocenters. The van der Waals surface area contributed by atoms with Gasteiger partial charge in [0.2, 0.25) is 0 Å². The number of carbonyl (C=O) groups is 1. The van der Waals surface area contributed by atoms with Crippen molar-refractivity contribution in [1.29, 1.82) is 0 Å². The molecule has 0 bridgehead atoms. The number of thiophene rings is 1. The summed E-state index contributed by atoms with van der Waals surface area (Å²) in [4.78, 5) is 21.6. The quantitative estimate of drug-likeness (QED) is 0.504. The summed E-state index contributed by atoms with van der Waals surface area (Å²) in [7, 11) is 1.56. The number of aromatic nitrogens is 2. The van der Waals surface area contributed by atoms with Crippen molar-refractivity contribution in [3.05, 3.63) is 70.3 Å². The van der Waals surface area contributed by atoms with Crippen LogP contribution in [0, 0.1) is 0 Å². The van der Waals surface area contributed by atoms with Crippen LogP contribution < -0.4 is 4.74 Å². The van der Waals surface area contributed by atoms with E-state index in [2.05, 4.69) is 9.97 Å². The third kappa shape index (κ3) is 2.81. The third-order valence-corrected chi connectivity index (χ3v) is 5.25. The van der Waals surface area contributed by atoms with E-state index in [-0.39, 0.29) is 5.78 Å². The zero-order chi connectivity index (χ0) is 17.4. The van der Waals surface area contributed by atoms with Crippen molar-refractivity contribution in [2.45, 2.75) is 0 Å². The summed E-state index contributed by atoms with van der Waals surface area (Å²) < 4.78 is 5.20. The largest absolute Gasteiger partial charge is 0.497 e. The number of hydrogen-bond acceptors (Lipinski definition) is 4. The molecule has 0 amide bonds. The Labute approximate surface area is 153 Å². The van der Waals surface area contributed by atoms with Gasteiger partial charge in [-0.1, -0.05) is 17.7 Å². The number of carbonyl (C=O) groups excluding carboxylic acids is 1. The average Bonchev–Trinajstić information content (AvgIpc) is 3.30. The number of hydrogen-bond donors (Lipinski definition) is 1. The number of benzene rings is 1. The molecule has 0 fully saturated rings.